The molecular weight excluding hydrogens is 514 g/mol. The van der Waals surface area contributed by atoms with Gasteiger partial charge in [-0.15, -0.1) is 11.3 Å². The number of anilines is 1. The number of aromatic nitrogens is 5. The highest BCUT2D eigenvalue weighted by Crippen LogP contribution is 2.34. The van der Waals surface area contributed by atoms with Gasteiger partial charge < -0.3 is 10.6 Å². The number of pyridine rings is 1. The van der Waals surface area contributed by atoms with Crippen LogP contribution in [0.4, 0.5) is 5.69 Å². The van der Waals surface area contributed by atoms with E-state index in [0.717, 1.165) is 29.4 Å². The van der Waals surface area contributed by atoms with Crippen LogP contribution in [0, 0.1) is 24.2 Å². The van der Waals surface area contributed by atoms with Crippen molar-refractivity contribution in [3.05, 3.63) is 53.9 Å². The highest BCUT2D eigenvalue weighted by atomic mass is 32.1. The van der Waals surface area contributed by atoms with Gasteiger partial charge in [0.05, 0.1) is 45.8 Å². The number of thiazole rings is 1. The Morgan fingerprint density at radius 2 is 1.97 bits per heavy atom. The highest BCUT2D eigenvalue weighted by molar-refractivity contribution is 7.21. The maximum atomic E-state index is 13.2. The molecule has 0 aromatic carbocycles. The molecule has 200 valence electrons. The Hall–Kier alpha value is -4.08. The van der Waals surface area contributed by atoms with Crippen molar-refractivity contribution in [2.75, 3.05) is 25.0 Å². The molecule has 3 fully saturated rings. The van der Waals surface area contributed by atoms with Gasteiger partial charge in [-0.3, -0.25) is 24.2 Å². The summed E-state index contributed by atoms with van der Waals surface area (Å²) in [5.74, 6) is 0.277. The molecule has 1 aliphatic carbocycles. The minimum Gasteiger partial charge on any atom is -0.351 e. The van der Waals surface area contributed by atoms with Gasteiger partial charge in [-0.1, -0.05) is 0 Å². The second-order valence-electron chi connectivity index (χ2n) is 10.2. The molecule has 2 amide bonds. The number of carbonyl (C=O) groups is 2. The number of nitrogens with zero attached hydrogens (tertiary/aromatic N) is 7. The second kappa shape index (κ2) is 10.6. The lowest BCUT2D eigenvalue weighted by Gasteiger charge is -2.45. The van der Waals surface area contributed by atoms with E-state index < -0.39 is 0 Å². The summed E-state index contributed by atoms with van der Waals surface area (Å²) in [6.07, 6.45) is 13.6. The maximum Gasteiger partial charge on any atom is 0.260 e. The first-order chi connectivity index (χ1) is 19.0. The molecule has 0 spiro atoms. The zero-order chi connectivity index (χ0) is 26.9. The number of nitriles is 1. The second-order valence-corrected chi connectivity index (χ2v) is 11.3. The molecule has 0 atom stereocenters. The summed E-state index contributed by atoms with van der Waals surface area (Å²) in [5.41, 5.74) is 2.77. The molecule has 6 heterocycles. The van der Waals surface area contributed by atoms with E-state index in [-0.39, 0.29) is 18.4 Å². The topological polar surface area (TPSA) is 133 Å². The number of carbonyl (C=O) groups excluding carboxylic acids is 2. The summed E-state index contributed by atoms with van der Waals surface area (Å²) in [6.45, 7) is 4.54. The van der Waals surface area contributed by atoms with Crippen LogP contribution in [0.25, 0.3) is 15.3 Å². The van der Waals surface area contributed by atoms with Crippen LogP contribution in [0.15, 0.2) is 37.1 Å². The average Bonchev–Trinajstić information content (AvgIpc) is 3.67. The number of aryl methyl sites for hydroxylation is 1. The number of hydrogen-bond acceptors (Lipinski definition) is 8. The van der Waals surface area contributed by atoms with Crippen LogP contribution in [0.2, 0.25) is 0 Å². The quantitative estimate of drug-likeness (QED) is 0.348. The third kappa shape index (κ3) is 5.15. The van der Waals surface area contributed by atoms with Crippen molar-refractivity contribution in [2.45, 2.75) is 45.2 Å². The van der Waals surface area contributed by atoms with Crippen LogP contribution < -0.4 is 10.6 Å². The fraction of sp³-hybridized carbons (Fsp3) is 0.407. The fourth-order valence-electron chi connectivity index (χ4n) is 5.56. The normalized spacial score (nSPS) is 18.8. The van der Waals surface area contributed by atoms with Crippen LogP contribution in [0.5, 0.6) is 0 Å². The Balaban J connectivity index is 1.11. The molecule has 0 radical (unpaired) electrons. The van der Waals surface area contributed by atoms with Crippen LogP contribution in [0.1, 0.15) is 52.1 Å². The first-order valence-corrected chi connectivity index (χ1v) is 14.0. The number of hydrogen-bond donors (Lipinski definition) is 2. The van der Waals surface area contributed by atoms with E-state index >= 15 is 0 Å². The van der Waals surface area contributed by atoms with Crippen molar-refractivity contribution < 1.29 is 9.59 Å². The zero-order valence-corrected chi connectivity index (χ0v) is 22.4. The Bertz CT molecular complexity index is 1570. The first-order valence-electron chi connectivity index (χ1n) is 13.2. The molecule has 4 aromatic rings. The smallest absolute Gasteiger partial charge is 0.260 e. The summed E-state index contributed by atoms with van der Waals surface area (Å²) in [5, 5.41) is 23.3. The molecule has 39 heavy (non-hydrogen) atoms. The highest BCUT2D eigenvalue weighted by Gasteiger charge is 2.33. The molecule has 2 bridgehead atoms. The van der Waals surface area contributed by atoms with E-state index in [9.17, 15) is 9.59 Å². The van der Waals surface area contributed by atoms with Crippen molar-refractivity contribution in [3.63, 3.8) is 0 Å². The van der Waals surface area contributed by atoms with Gasteiger partial charge in [0.1, 0.15) is 11.4 Å². The van der Waals surface area contributed by atoms with Crippen LogP contribution in [-0.2, 0) is 6.54 Å². The summed E-state index contributed by atoms with van der Waals surface area (Å²) in [7, 11) is 0. The lowest BCUT2D eigenvalue weighted by atomic mass is 9.80. The molecule has 7 rings (SSSR count). The van der Waals surface area contributed by atoms with Crippen molar-refractivity contribution in [2.24, 2.45) is 5.92 Å². The van der Waals surface area contributed by atoms with Gasteiger partial charge in [-0.05, 0) is 44.6 Å². The van der Waals surface area contributed by atoms with Crippen molar-refractivity contribution >= 4 is 33.7 Å². The molecule has 2 N–H and O–H groups in total. The van der Waals surface area contributed by atoms with Crippen molar-refractivity contribution in [1.82, 2.24) is 34.6 Å². The Morgan fingerprint density at radius 3 is 2.74 bits per heavy atom. The van der Waals surface area contributed by atoms with E-state index in [0.29, 0.717) is 39.9 Å². The zero-order valence-electron chi connectivity index (χ0n) is 21.6. The van der Waals surface area contributed by atoms with E-state index in [2.05, 4.69) is 36.8 Å². The third-order valence-electron chi connectivity index (χ3n) is 7.70. The predicted octanol–water partition coefficient (Wildman–Crippen LogP) is 3.34. The molecule has 1 saturated carbocycles. The van der Waals surface area contributed by atoms with E-state index in [4.69, 9.17) is 5.26 Å². The Labute approximate surface area is 229 Å². The van der Waals surface area contributed by atoms with Gasteiger partial charge in [0.25, 0.3) is 11.8 Å². The molecular formula is C27H29N9O2S. The van der Waals surface area contributed by atoms with E-state index in [1.54, 1.807) is 40.8 Å². The van der Waals surface area contributed by atoms with Crippen molar-refractivity contribution in [1.29, 1.82) is 5.26 Å². The molecule has 3 aliphatic rings. The number of fused-ring (bicyclic) bond motifs is 4. The molecule has 11 nitrogen and oxygen atoms in total. The average molecular weight is 544 g/mol. The lowest BCUT2D eigenvalue weighted by molar-refractivity contribution is 0.0494. The summed E-state index contributed by atoms with van der Waals surface area (Å²) in [6, 6.07) is 4.39. The van der Waals surface area contributed by atoms with Gasteiger partial charge in [0.15, 0.2) is 0 Å². The minimum atomic E-state index is -0.332. The molecule has 2 saturated heterocycles. The summed E-state index contributed by atoms with van der Waals surface area (Å²) >= 11 is 1.41. The number of piperidine rings is 2. The van der Waals surface area contributed by atoms with Crippen LogP contribution in [0.3, 0.4) is 0 Å². The molecule has 0 unspecified atom stereocenters. The Kier molecular flexibility index (Phi) is 6.85. The lowest BCUT2D eigenvalue weighted by Crippen LogP contribution is -2.50. The fourth-order valence-corrected chi connectivity index (χ4v) is 6.59. The number of nitrogens with one attached hydrogen (secondary N) is 2. The largest absolute Gasteiger partial charge is 0.351 e. The van der Waals surface area contributed by atoms with Gasteiger partial charge in [-0.2, -0.15) is 15.5 Å². The van der Waals surface area contributed by atoms with Gasteiger partial charge in [0.2, 0.25) is 0 Å². The number of rotatable bonds is 8. The van der Waals surface area contributed by atoms with Crippen molar-refractivity contribution in [3.8, 4) is 16.5 Å². The Morgan fingerprint density at radius 1 is 1.13 bits per heavy atom. The van der Waals surface area contributed by atoms with Crippen LogP contribution >= 0.6 is 11.3 Å². The third-order valence-corrected chi connectivity index (χ3v) is 8.86. The molecule has 4 aromatic heterocycles. The monoisotopic (exact) mass is 543 g/mol. The minimum absolute atomic E-state index is 0.167. The predicted molar refractivity (Wildman–Crippen MR) is 146 cm³/mol. The van der Waals surface area contributed by atoms with E-state index in [1.165, 1.54) is 43.2 Å². The number of amides is 2. The standard InChI is InChI=1S/C27H29N9O2S/c1-17-23(10-19(11-30-17)25(37)29-7-9-34-14-18-2-4-21(34)5-3-18)33-26(38)22-13-32-36-16-24(39-27(22)36)20-12-31-35(15-20)8-6-28/h10-13,15-16,18,21H,2-5,7-9,14H2,1H3,(H,29,37)(H,33,38). The van der Waals surface area contributed by atoms with E-state index in [1.807, 2.05) is 6.20 Å². The van der Waals surface area contributed by atoms with Crippen LogP contribution in [-0.4, -0.2) is 66.8 Å². The maximum absolute atomic E-state index is 13.2. The first kappa shape index (κ1) is 25.2. The van der Waals surface area contributed by atoms with Gasteiger partial charge >= 0.3 is 0 Å². The summed E-state index contributed by atoms with van der Waals surface area (Å²) < 4.78 is 3.21. The molecule has 2 aliphatic heterocycles. The van der Waals surface area contributed by atoms with Gasteiger partial charge in [-0.25, -0.2) is 4.52 Å². The summed E-state index contributed by atoms with van der Waals surface area (Å²) in [4.78, 5) is 34.5. The van der Waals surface area contributed by atoms with Gasteiger partial charge in [0, 0.05) is 49.8 Å². The molecule has 12 heteroatoms. The SMILES string of the molecule is Cc1ncc(C(=O)NCCN2CC3CCC2CC3)cc1NC(=O)c1cnn2cc(-c3cnn(CC#N)c3)sc12.